The summed E-state index contributed by atoms with van der Waals surface area (Å²) in [7, 11) is 0. The van der Waals surface area contributed by atoms with Gasteiger partial charge in [0.2, 0.25) is 5.89 Å². The van der Waals surface area contributed by atoms with Gasteiger partial charge in [-0.05, 0) is 33.6 Å². The van der Waals surface area contributed by atoms with Gasteiger partial charge in [0.05, 0.1) is 18.3 Å². The Morgan fingerprint density at radius 1 is 1.33 bits per heavy atom. The highest BCUT2D eigenvalue weighted by Gasteiger charge is 2.30. The zero-order chi connectivity index (χ0) is 17.1. The number of hydrogen-bond acceptors (Lipinski definition) is 5. The zero-order valence-electron chi connectivity index (χ0n) is 14.4. The van der Waals surface area contributed by atoms with Gasteiger partial charge < -0.3 is 14.7 Å². The Morgan fingerprint density at radius 3 is 2.83 bits per heavy atom. The number of amides is 2. The molecule has 1 saturated heterocycles. The number of urea groups is 1. The number of nitrogens with one attached hydrogen (secondary N) is 2. The maximum absolute atomic E-state index is 12.8. The highest BCUT2D eigenvalue weighted by atomic mass is 16.5. The van der Waals surface area contributed by atoms with E-state index in [9.17, 15) is 4.79 Å². The highest BCUT2D eigenvalue weighted by Crippen LogP contribution is 2.33. The molecule has 2 aromatic rings. The standard InChI is InChI=1S/C16H24N6O2/c1-10-15(11(2)20-19-10)13-7-5-4-6-8-22(13)16(23)17-9-14-18-12(3)21-24-14/h13H,4-9H2,1-3H3,(H,17,23)(H,19,20). The molecule has 2 N–H and O–H groups in total. The number of aromatic amines is 1. The quantitative estimate of drug-likeness (QED) is 0.899. The molecule has 1 fully saturated rings. The second-order valence-electron chi connectivity index (χ2n) is 6.30. The van der Waals surface area contributed by atoms with Crippen LogP contribution in [0.3, 0.4) is 0 Å². The molecule has 8 heteroatoms. The van der Waals surface area contributed by atoms with Crippen LogP contribution < -0.4 is 5.32 Å². The fourth-order valence-electron chi connectivity index (χ4n) is 3.37. The molecular formula is C16H24N6O2. The van der Waals surface area contributed by atoms with Crippen molar-refractivity contribution in [2.75, 3.05) is 6.54 Å². The van der Waals surface area contributed by atoms with Crippen molar-refractivity contribution in [3.63, 3.8) is 0 Å². The minimum Gasteiger partial charge on any atom is -0.337 e. The summed E-state index contributed by atoms with van der Waals surface area (Å²) < 4.78 is 5.05. The SMILES string of the molecule is Cc1noc(CNC(=O)N2CCCCCC2c2c(C)n[nH]c2C)n1. The van der Waals surface area contributed by atoms with Crippen LogP contribution in [-0.2, 0) is 6.54 Å². The third-order valence-electron chi connectivity index (χ3n) is 4.49. The molecule has 3 rings (SSSR count). The number of H-pyrrole nitrogens is 1. The van der Waals surface area contributed by atoms with Crippen LogP contribution in [0.15, 0.2) is 4.52 Å². The van der Waals surface area contributed by atoms with Crippen molar-refractivity contribution >= 4 is 6.03 Å². The van der Waals surface area contributed by atoms with Crippen LogP contribution in [0.25, 0.3) is 0 Å². The van der Waals surface area contributed by atoms with Crippen molar-refractivity contribution in [2.45, 2.75) is 59.0 Å². The molecular weight excluding hydrogens is 308 g/mol. The Balaban J connectivity index is 1.75. The number of likely N-dealkylation sites (tertiary alicyclic amines) is 1. The molecule has 2 amide bonds. The summed E-state index contributed by atoms with van der Waals surface area (Å²) in [5.41, 5.74) is 3.13. The van der Waals surface area contributed by atoms with Crippen LogP contribution in [-0.4, -0.2) is 37.8 Å². The van der Waals surface area contributed by atoms with Crippen LogP contribution in [0.5, 0.6) is 0 Å². The topological polar surface area (TPSA) is 99.9 Å². The van der Waals surface area contributed by atoms with E-state index in [0.717, 1.165) is 49.2 Å². The van der Waals surface area contributed by atoms with Crippen molar-refractivity contribution in [1.29, 1.82) is 0 Å². The van der Waals surface area contributed by atoms with Gasteiger partial charge in [-0.1, -0.05) is 18.0 Å². The van der Waals surface area contributed by atoms with Crippen LogP contribution in [0.2, 0.25) is 0 Å². The summed E-state index contributed by atoms with van der Waals surface area (Å²) >= 11 is 0. The monoisotopic (exact) mass is 332 g/mol. The fourth-order valence-corrected chi connectivity index (χ4v) is 3.37. The first-order valence-electron chi connectivity index (χ1n) is 8.41. The van der Waals surface area contributed by atoms with Crippen LogP contribution in [0.4, 0.5) is 4.79 Å². The average molecular weight is 332 g/mol. The number of nitrogens with zero attached hydrogens (tertiary/aromatic N) is 4. The van der Waals surface area contributed by atoms with E-state index in [2.05, 4.69) is 25.7 Å². The summed E-state index contributed by atoms with van der Waals surface area (Å²) in [5.74, 6) is 0.986. The van der Waals surface area contributed by atoms with E-state index >= 15 is 0 Å². The largest absolute Gasteiger partial charge is 0.337 e. The predicted octanol–water partition coefficient (Wildman–Crippen LogP) is 2.54. The summed E-state index contributed by atoms with van der Waals surface area (Å²) in [6.45, 7) is 6.73. The van der Waals surface area contributed by atoms with Crippen molar-refractivity contribution in [3.8, 4) is 0 Å². The second kappa shape index (κ2) is 7.02. The summed E-state index contributed by atoms with van der Waals surface area (Å²) in [4.78, 5) is 18.8. The number of aryl methyl sites for hydroxylation is 3. The first-order valence-corrected chi connectivity index (χ1v) is 8.41. The lowest BCUT2D eigenvalue weighted by atomic mass is 9.99. The number of aromatic nitrogens is 4. The molecule has 0 radical (unpaired) electrons. The normalized spacial score (nSPS) is 18.5. The first kappa shape index (κ1) is 16.5. The number of carbonyl (C=O) groups is 1. The predicted molar refractivity (Wildman–Crippen MR) is 87.2 cm³/mol. The Hall–Kier alpha value is -2.38. The minimum atomic E-state index is -0.0993. The minimum absolute atomic E-state index is 0.0515. The molecule has 1 aliphatic rings. The van der Waals surface area contributed by atoms with Gasteiger partial charge in [-0.3, -0.25) is 5.10 Å². The van der Waals surface area contributed by atoms with Crippen molar-refractivity contribution < 1.29 is 9.32 Å². The molecule has 1 atom stereocenters. The fraction of sp³-hybridized carbons (Fsp3) is 0.625. The van der Waals surface area contributed by atoms with Gasteiger partial charge >= 0.3 is 6.03 Å². The van der Waals surface area contributed by atoms with E-state index in [-0.39, 0.29) is 18.6 Å². The molecule has 0 aliphatic carbocycles. The van der Waals surface area contributed by atoms with Gasteiger partial charge in [0.1, 0.15) is 0 Å². The van der Waals surface area contributed by atoms with E-state index in [1.165, 1.54) is 0 Å². The van der Waals surface area contributed by atoms with Gasteiger partial charge in [0, 0.05) is 17.8 Å². The van der Waals surface area contributed by atoms with E-state index < -0.39 is 0 Å². The van der Waals surface area contributed by atoms with Crippen LogP contribution in [0, 0.1) is 20.8 Å². The maximum atomic E-state index is 12.8. The average Bonchev–Trinajstić information content (AvgIpc) is 3.02. The Labute approximate surface area is 141 Å². The molecule has 3 heterocycles. The third kappa shape index (κ3) is 3.42. The molecule has 0 spiro atoms. The molecule has 8 nitrogen and oxygen atoms in total. The van der Waals surface area contributed by atoms with Gasteiger partial charge in [0.25, 0.3) is 0 Å². The van der Waals surface area contributed by atoms with E-state index in [1.807, 2.05) is 18.7 Å². The summed E-state index contributed by atoms with van der Waals surface area (Å²) in [5, 5.41) is 14.0. The molecule has 24 heavy (non-hydrogen) atoms. The molecule has 130 valence electrons. The lowest BCUT2D eigenvalue weighted by Crippen LogP contribution is -2.42. The molecule has 1 aliphatic heterocycles. The van der Waals surface area contributed by atoms with Gasteiger partial charge in [0.15, 0.2) is 5.82 Å². The number of carbonyl (C=O) groups excluding carboxylic acids is 1. The number of hydrogen-bond donors (Lipinski definition) is 2. The lowest BCUT2D eigenvalue weighted by Gasteiger charge is -2.30. The van der Waals surface area contributed by atoms with Crippen LogP contribution in [0.1, 0.15) is 60.4 Å². The summed E-state index contributed by atoms with van der Waals surface area (Å²) in [6.07, 6.45) is 4.22. The van der Waals surface area contributed by atoms with Crippen molar-refractivity contribution in [1.82, 2.24) is 30.6 Å². The summed E-state index contributed by atoms with van der Waals surface area (Å²) in [6, 6.07) is -0.0478. The lowest BCUT2D eigenvalue weighted by molar-refractivity contribution is 0.173. The Bertz CT molecular complexity index is 688. The smallest absolute Gasteiger partial charge is 0.318 e. The van der Waals surface area contributed by atoms with Crippen LogP contribution >= 0.6 is 0 Å². The maximum Gasteiger partial charge on any atom is 0.318 e. The third-order valence-corrected chi connectivity index (χ3v) is 4.49. The Morgan fingerprint density at radius 2 is 2.17 bits per heavy atom. The number of rotatable bonds is 3. The molecule has 1 unspecified atom stereocenters. The van der Waals surface area contributed by atoms with Gasteiger partial charge in [-0.2, -0.15) is 10.1 Å². The molecule has 0 bridgehead atoms. The van der Waals surface area contributed by atoms with E-state index in [1.54, 1.807) is 6.92 Å². The Kier molecular flexibility index (Phi) is 4.82. The molecule has 0 saturated carbocycles. The van der Waals surface area contributed by atoms with Gasteiger partial charge in [-0.15, -0.1) is 0 Å². The highest BCUT2D eigenvalue weighted by molar-refractivity contribution is 5.74. The van der Waals surface area contributed by atoms with E-state index in [0.29, 0.717) is 11.7 Å². The molecule has 2 aromatic heterocycles. The zero-order valence-corrected chi connectivity index (χ0v) is 14.4. The van der Waals surface area contributed by atoms with E-state index in [4.69, 9.17) is 4.52 Å². The first-order chi connectivity index (χ1) is 11.6. The van der Waals surface area contributed by atoms with Crippen molar-refractivity contribution in [2.24, 2.45) is 0 Å². The molecule has 0 aromatic carbocycles. The van der Waals surface area contributed by atoms with Crippen molar-refractivity contribution in [3.05, 3.63) is 28.7 Å². The van der Waals surface area contributed by atoms with Gasteiger partial charge in [-0.25, -0.2) is 4.79 Å². The second-order valence-corrected chi connectivity index (χ2v) is 6.30.